The summed E-state index contributed by atoms with van der Waals surface area (Å²) in [5, 5.41) is 2.37. The van der Waals surface area contributed by atoms with Crippen LogP contribution in [0.2, 0.25) is 0 Å². The third kappa shape index (κ3) is 2.72. The van der Waals surface area contributed by atoms with E-state index < -0.39 is 5.82 Å². The molecule has 0 saturated carbocycles. The van der Waals surface area contributed by atoms with E-state index in [0.29, 0.717) is 17.4 Å². The summed E-state index contributed by atoms with van der Waals surface area (Å²) in [6.45, 7) is 0.371. The van der Waals surface area contributed by atoms with E-state index >= 15 is 0 Å². The number of nitrogens with zero attached hydrogens (tertiary/aromatic N) is 2. The van der Waals surface area contributed by atoms with Crippen LogP contribution in [0.5, 0.6) is 0 Å². The van der Waals surface area contributed by atoms with Crippen molar-refractivity contribution in [3.8, 4) is 0 Å². The van der Waals surface area contributed by atoms with Gasteiger partial charge in [0.2, 0.25) is 0 Å². The van der Waals surface area contributed by atoms with Crippen molar-refractivity contribution in [3.63, 3.8) is 0 Å². The van der Waals surface area contributed by atoms with Crippen LogP contribution < -0.4 is 5.56 Å². The molecular formula is C15H13FN2O2S. The smallest absolute Gasteiger partial charge is 0.261 e. The third-order valence-corrected chi connectivity index (χ3v) is 4.26. The van der Waals surface area contributed by atoms with Crippen molar-refractivity contribution in [3.05, 3.63) is 63.1 Å². The van der Waals surface area contributed by atoms with Gasteiger partial charge in [0.1, 0.15) is 11.9 Å². The molecule has 108 valence electrons. The second kappa shape index (κ2) is 5.75. The minimum atomic E-state index is -0.402. The second-order valence-corrected chi connectivity index (χ2v) is 5.58. The molecule has 0 unspecified atom stereocenters. The number of hydrogen-bond donors (Lipinski definition) is 0. The molecule has 0 N–H and O–H groups in total. The Kier molecular flexibility index (Phi) is 3.81. The predicted octanol–water partition coefficient (Wildman–Crippen LogP) is 2.98. The molecule has 2 aromatic heterocycles. The molecule has 21 heavy (non-hydrogen) atoms. The van der Waals surface area contributed by atoms with E-state index in [0.717, 1.165) is 4.88 Å². The highest BCUT2D eigenvalue weighted by Gasteiger charge is 2.14. The van der Waals surface area contributed by atoms with E-state index in [1.165, 1.54) is 29.1 Å². The highest BCUT2D eigenvalue weighted by Crippen LogP contribution is 2.23. The average molecular weight is 304 g/mol. The van der Waals surface area contributed by atoms with E-state index in [2.05, 4.69) is 4.98 Å². The number of fused-ring (bicyclic) bond motifs is 1. The topological polar surface area (TPSA) is 44.1 Å². The van der Waals surface area contributed by atoms with Gasteiger partial charge in [-0.25, -0.2) is 9.37 Å². The van der Waals surface area contributed by atoms with Crippen LogP contribution in [0.25, 0.3) is 10.9 Å². The minimum Gasteiger partial charge on any atom is -0.374 e. The van der Waals surface area contributed by atoms with Crippen LogP contribution in [-0.4, -0.2) is 16.7 Å². The van der Waals surface area contributed by atoms with Gasteiger partial charge in [-0.3, -0.25) is 9.36 Å². The van der Waals surface area contributed by atoms with Crippen LogP contribution in [0.1, 0.15) is 11.0 Å². The van der Waals surface area contributed by atoms with Crippen LogP contribution in [0.4, 0.5) is 4.39 Å². The molecule has 0 saturated heterocycles. The Bertz CT molecular complexity index is 814. The lowest BCUT2D eigenvalue weighted by atomic mass is 10.2. The van der Waals surface area contributed by atoms with Crippen LogP contribution in [-0.2, 0) is 11.3 Å². The third-order valence-electron chi connectivity index (χ3n) is 3.29. The maximum absolute atomic E-state index is 13.2. The van der Waals surface area contributed by atoms with Crippen molar-refractivity contribution >= 4 is 22.2 Å². The zero-order valence-electron chi connectivity index (χ0n) is 11.3. The monoisotopic (exact) mass is 304 g/mol. The summed E-state index contributed by atoms with van der Waals surface area (Å²) in [6.07, 6.45) is 1.23. The van der Waals surface area contributed by atoms with Crippen molar-refractivity contribution < 1.29 is 9.13 Å². The summed E-state index contributed by atoms with van der Waals surface area (Å²) in [7, 11) is 1.61. The number of ether oxygens (including phenoxy) is 1. The fraction of sp³-hybridized carbons (Fsp3) is 0.200. The van der Waals surface area contributed by atoms with E-state index in [4.69, 9.17) is 4.74 Å². The lowest BCUT2D eigenvalue weighted by Gasteiger charge is -2.15. The van der Waals surface area contributed by atoms with E-state index in [-0.39, 0.29) is 11.7 Å². The summed E-state index contributed by atoms with van der Waals surface area (Å²) < 4.78 is 20.1. The minimum absolute atomic E-state index is 0.196. The molecule has 4 nitrogen and oxygen atoms in total. The normalized spacial score (nSPS) is 12.7. The first-order valence-electron chi connectivity index (χ1n) is 6.40. The first-order valence-corrected chi connectivity index (χ1v) is 7.28. The van der Waals surface area contributed by atoms with E-state index in [1.54, 1.807) is 18.4 Å². The van der Waals surface area contributed by atoms with Gasteiger partial charge in [0.05, 0.1) is 23.8 Å². The summed E-state index contributed by atoms with van der Waals surface area (Å²) in [6, 6.07) is 7.89. The zero-order chi connectivity index (χ0) is 14.8. The molecule has 0 bridgehead atoms. The quantitative estimate of drug-likeness (QED) is 0.744. The van der Waals surface area contributed by atoms with Crippen molar-refractivity contribution in [1.29, 1.82) is 0 Å². The molecule has 3 rings (SSSR count). The van der Waals surface area contributed by atoms with Gasteiger partial charge in [0.15, 0.2) is 0 Å². The van der Waals surface area contributed by atoms with Crippen LogP contribution >= 0.6 is 11.3 Å². The largest absolute Gasteiger partial charge is 0.374 e. The molecule has 0 fully saturated rings. The fourth-order valence-corrected chi connectivity index (χ4v) is 2.99. The Hall–Kier alpha value is -2.05. The molecule has 0 aliphatic heterocycles. The van der Waals surface area contributed by atoms with Gasteiger partial charge >= 0.3 is 0 Å². The van der Waals surface area contributed by atoms with Crippen molar-refractivity contribution in [1.82, 2.24) is 9.55 Å². The number of hydrogen-bond acceptors (Lipinski definition) is 4. The van der Waals surface area contributed by atoms with Crippen molar-refractivity contribution in [2.75, 3.05) is 7.11 Å². The first kappa shape index (κ1) is 13.9. The molecular weight excluding hydrogens is 291 g/mol. The lowest BCUT2D eigenvalue weighted by molar-refractivity contribution is 0.0897. The number of benzene rings is 1. The van der Waals surface area contributed by atoms with Crippen LogP contribution in [0.15, 0.2) is 46.8 Å². The average Bonchev–Trinajstić information content (AvgIpc) is 3.00. The number of thiophene rings is 1. The molecule has 0 radical (unpaired) electrons. The maximum atomic E-state index is 13.2. The summed E-state index contributed by atoms with van der Waals surface area (Å²) in [4.78, 5) is 17.6. The molecule has 6 heteroatoms. The summed E-state index contributed by atoms with van der Waals surface area (Å²) in [5.41, 5.74) is 0.167. The van der Waals surface area contributed by atoms with Crippen molar-refractivity contribution in [2.24, 2.45) is 0 Å². The summed E-state index contributed by atoms with van der Waals surface area (Å²) >= 11 is 1.58. The maximum Gasteiger partial charge on any atom is 0.261 e. The number of halogens is 1. The van der Waals surface area contributed by atoms with E-state index in [1.807, 2.05) is 17.5 Å². The fourth-order valence-electron chi connectivity index (χ4n) is 2.20. The Balaban J connectivity index is 1.99. The zero-order valence-corrected chi connectivity index (χ0v) is 12.1. The van der Waals surface area contributed by atoms with Gasteiger partial charge < -0.3 is 4.74 Å². The highest BCUT2D eigenvalue weighted by atomic mass is 32.1. The predicted molar refractivity (Wildman–Crippen MR) is 80.0 cm³/mol. The van der Waals surface area contributed by atoms with Crippen molar-refractivity contribution in [2.45, 2.75) is 12.6 Å². The first-order chi connectivity index (χ1) is 10.2. The molecule has 3 aromatic rings. The van der Waals surface area contributed by atoms with Gasteiger partial charge in [-0.2, -0.15) is 0 Å². The molecule has 0 aliphatic carbocycles. The van der Waals surface area contributed by atoms with Gasteiger partial charge in [0, 0.05) is 18.1 Å². The standard InChI is InChI=1S/C15H13FN2O2S/c1-20-13(14-3-2-6-21-14)8-18-9-17-12-7-10(16)4-5-11(12)15(18)19/h2-7,9,13H,8H2,1H3/t13-/m0/s1. The second-order valence-electron chi connectivity index (χ2n) is 4.60. The van der Waals surface area contributed by atoms with Gasteiger partial charge in [-0.1, -0.05) is 6.07 Å². The Morgan fingerprint density at radius 3 is 3.00 bits per heavy atom. The highest BCUT2D eigenvalue weighted by molar-refractivity contribution is 7.10. The molecule has 1 aromatic carbocycles. The van der Waals surface area contributed by atoms with E-state index in [9.17, 15) is 9.18 Å². The SMILES string of the molecule is CO[C@@H](Cn1cnc2cc(F)ccc2c1=O)c1cccs1. The number of methoxy groups -OCH3 is 1. The van der Waals surface area contributed by atoms with Gasteiger partial charge in [-0.15, -0.1) is 11.3 Å². The van der Waals surface area contributed by atoms with Crippen LogP contribution in [0.3, 0.4) is 0 Å². The molecule has 0 amide bonds. The molecule has 1 atom stereocenters. The number of rotatable bonds is 4. The summed E-state index contributed by atoms with van der Waals surface area (Å²) in [5.74, 6) is -0.402. The molecule has 0 spiro atoms. The van der Waals surface area contributed by atoms with Crippen LogP contribution in [0, 0.1) is 5.82 Å². The Labute approximate surface area is 124 Å². The Morgan fingerprint density at radius 1 is 1.43 bits per heavy atom. The molecule has 2 heterocycles. The number of aromatic nitrogens is 2. The molecule has 0 aliphatic rings. The Morgan fingerprint density at radius 2 is 2.29 bits per heavy atom. The van der Waals surface area contributed by atoms with Gasteiger partial charge in [-0.05, 0) is 23.6 Å². The lowest BCUT2D eigenvalue weighted by Crippen LogP contribution is -2.24. The van der Waals surface area contributed by atoms with Gasteiger partial charge in [0.25, 0.3) is 5.56 Å².